The molecule has 0 aliphatic heterocycles. The molecule has 1 atom stereocenters. The van der Waals surface area contributed by atoms with E-state index in [-0.39, 0.29) is 23.6 Å². The van der Waals surface area contributed by atoms with Crippen LogP contribution in [-0.4, -0.2) is 53.7 Å². The van der Waals surface area contributed by atoms with E-state index in [9.17, 15) is 19.2 Å². The molecule has 0 spiro atoms. The van der Waals surface area contributed by atoms with Crippen molar-refractivity contribution >= 4 is 24.1 Å². The Bertz CT molecular complexity index is 654. The van der Waals surface area contributed by atoms with Gasteiger partial charge >= 0.3 is 5.97 Å². The molecule has 0 heterocycles. The highest BCUT2D eigenvalue weighted by Gasteiger charge is 2.29. The standard InChI is InChI=1S/C17H20N2O5/c1-19(14(10-20)7-11-5-6-11)15(21)9-18-16(22)12-3-2-4-13(8-12)17(23)24/h2-4,8,10-11,14H,5-7,9H2,1H3,(H,18,22)(H,23,24)/t14-/m0/s1. The molecule has 0 bridgehead atoms. The third kappa shape index (κ3) is 4.65. The summed E-state index contributed by atoms with van der Waals surface area (Å²) in [6.45, 7) is -0.248. The monoisotopic (exact) mass is 332 g/mol. The quantitative estimate of drug-likeness (QED) is 0.690. The molecule has 1 aliphatic carbocycles. The fourth-order valence-electron chi connectivity index (χ4n) is 2.36. The average molecular weight is 332 g/mol. The molecular weight excluding hydrogens is 312 g/mol. The fraction of sp³-hybridized carbons (Fsp3) is 0.412. The van der Waals surface area contributed by atoms with Gasteiger partial charge in [-0.3, -0.25) is 9.59 Å². The lowest BCUT2D eigenvalue weighted by molar-refractivity contribution is -0.134. The van der Waals surface area contributed by atoms with E-state index in [1.807, 2.05) is 0 Å². The van der Waals surface area contributed by atoms with Crippen LogP contribution < -0.4 is 5.32 Å². The van der Waals surface area contributed by atoms with Crippen LogP contribution >= 0.6 is 0 Å². The number of aromatic carboxylic acids is 1. The molecule has 1 fully saturated rings. The number of nitrogens with one attached hydrogen (secondary N) is 1. The fourth-order valence-corrected chi connectivity index (χ4v) is 2.36. The van der Waals surface area contributed by atoms with Gasteiger partial charge < -0.3 is 20.1 Å². The number of nitrogens with zero attached hydrogens (tertiary/aromatic N) is 1. The van der Waals surface area contributed by atoms with Crippen molar-refractivity contribution in [1.29, 1.82) is 0 Å². The summed E-state index contributed by atoms with van der Waals surface area (Å²) in [4.78, 5) is 47.5. The van der Waals surface area contributed by atoms with Crippen LogP contribution in [-0.2, 0) is 9.59 Å². The number of rotatable bonds is 8. The van der Waals surface area contributed by atoms with Crippen molar-refractivity contribution in [3.63, 3.8) is 0 Å². The maximum Gasteiger partial charge on any atom is 0.335 e. The molecule has 24 heavy (non-hydrogen) atoms. The van der Waals surface area contributed by atoms with E-state index in [4.69, 9.17) is 5.11 Å². The minimum absolute atomic E-state index is 0.00320. The minimum Gasteiger partial charge on any atom is -0.478 e. The van der Waals surface area contributed by atoms with Gasteiger partial charge in [0, 0.05) is 12.6 Å². The second-order valence-corrected chi connectivity index (χ2v) is 5.96. The van der Waals surface area contributed by atoms with Crippen molar-refractivity contribution in [2.45, 2.75) is 25.3 Å². The first-order valence-corrected chi connectivity index (χ1v) is 7.75. The van der Waals surface area contributed by atoms with E-state index >= 15 is 0 Å². The van der Waals surface area contributed by atoms with Gasteiger partial charge in [0.1, 0.15) is 6.29 Å². The summed E-state index contributed by atoms with van der Waals surface area (Å²) in [5.41, 5.74) is 0.159. The molecule has 128 valence electrons. The lowest BCUT2D eigenvalue weighted by Crippen LogP contribution is -2.44. The van der Waals surface area contributed by atoms with Gasteiger partial charge in [0.25, 0.3) is 5.91 Å². The number of likely N-dealkylation sites (N-methyl/N-ethyl adjacent to an activating group) is 1. The Kier molecular flexibility index (Phi) is 5.68. The SMILES string of the molecule is CN(C(=O)CNC(=O)c1cccc(C(=O)O)c1)[C@H](C=O)CC1CC1. The van der Waals surface area contributed by atoms with Gasteiger partial charge in [-0.15, -0.1) is 0 Å². The molecule has 0 radical (unpaired) electrons. The highest BCUT2D eigenvalue weighted by molar-refractivity contribution is 5.99. The largest absolute Gasteiger partial charge is 0.478 e. The summed E-state index contributed by atoms with van der Waals surface area (Å²) in [5, 5.41) is 11.4. The first-order chi connectivity index (χ1) is 11.4. The van der Waals surface area contributed by atoms with Crippen molar-refractivity contribution < 1.29 is 24.3 Å². The molecule has 1 aromatic carbocycles. The molecule has 1 aromatic rings. The number of carboxylic acid groups (broad SMARTS) is 1. The molecule has 1 saturated carbocycles. The summed E-state index contributed by atoms with van der Waals surface area (Å²) in [7, 11) is 1.54. The number of benzene rings is 1. The maximum atomic E-state index is 12.1. The Hall–Kier alpha value is -2.70. The zero-order valence-corrected chi connectivity index (χ0v) is 13.4. The molecule has 2 rings (SSSR count). The zero-order chi connectivity index (χ0) is 17.7. The molecular formula is C17H20N2O5. The van der Waals surface area contributed by atoms with Gasteiger partial charge in [-0.05, 0) is 30.5 Å². The molecule has 0 saturated heterocycles. The lowest BCUT2D eigenvalue weighted by atomic mass is 10.1. The number of hydrogen-bond donors (Lipinski definition) is 2. The van der Waals surface area contributed by atoms with Gasteiger partial charge in [0.05, 0.1) is 18.2 Å². The molecule has 1 aliphatic rings. The van der Waals surface area contributed by atoms with Crippen LogP contribution in [0.15, 0.2) is 24.3 Å². The average Bonchev–Trinajstić information content (AvgIpc) is 3.40. The highest BCUT2D eigenvalue weighted by Crippen LogP contribution is 2.34. The first kappa shape index (κ1) is 17.7. The number of aldehydes is 1. The van der Waals surface area contributed by atoms with Crippen molar-refractivity contribution in [1.82, 2.24) is 10.2 Å². The topological polar surface area (TPSA) is 104 Å². The minimum atomic E-state index is -1.13. The zero-order valence-electron chi connectivity index (χ0n) is 13.4. The third-order valence-electron chi connectivity index (χ3n) is 4.09. The molecule has 0 unspecified atom stereocenters. The highest BCUT2D eigenvalue weighted by atomic mass is 16.4. The smallest absolute Gasteiger partial charge is 0.335 e. The van der Waals surface area contributed by atoms with Gasteiger partial charge in [0.15, 0.2) is 0 Å². The maximum absolute atomic E-state index is 12.1. The van der Waals surface area contributed by atoms with Crippen LogP contribution in [0.2, 0.25) is 0 Å². The van der Waals surface area contributed by atoms with Crippen LogP contribution in [0, 0.1) is 5.92 Å². The Labute approximate surface area is 139 Å². The number of carbonyl (C=O) groups is 4. The van der Waals surface area contributed by atoms with Gasteiger partial charge in [-0.2, -0.15) is 0 Å². The molecule has 2 N–H and O–H groups in total. The molecule has 2 amide bonds. The number of carbonyl (C=O) groups excluding carboxylic acids is 3. The molecule has 7 nitrogen and oxygen atoms in total. The van der Waals surface area contributed by atoms with Gasteiger partial charge in [-0.25, -0.2) is 4.79 Å². The number of amides is 2. The van der Waals surface area contributed by atoms with Crippen molar-refractivity contribution in [2.75, 3.05) is 13.6 Å². The second-order valence-electron chi connectivity index (χ2n) is 5.96. The Morgan fingerprint density at radius 3 is 2.58 bits per heavy atom. The van der Waals surface area contributed by atoms with Crippen LogP contribution in [0.1, 0.15) is 40.0 Å². The Morgan fingerprint density at radius 1 is 1.33 bits per heavy atom. The van der Waals surface area contributed by atoms with Crippen LogP contribution in [0.25, 0.3) is 0 Å². The summed E-state index contributed by atoms with van der Waals surface area (Å²) in [5.74, 6) is -1.53. The Balaban J connectivity index is 1.90. The summed E-state index contributed by atoms with van der Waals surface area (Å²) >= 11 is 0. The van der Waals surface area contributed by atoms with E-state index in [1.165, 1.54) is 29.2 Å². The first-order valence-electron chi connectivity index (χ1n) is 7.75. The molecule has 7 heteroatoms. The van der Waals surface area contributed by atoms with Gasteiger partial charge in [0.2, 0.25) is 5.91 Å². The van der Waals surface area contributed by atoms with Crippen LogP contribution in [0.3, 0.4) is 0 Å². The second kappa shape index (κ2) is 7.72. The summed E-state index contributed by atoms with van der Waals surface area (Å²) < 4.78 is 0. The lowest BCUT2D eigenvalue weighted by Gasteiger charge is -2.24. The molecule has 0 aromatic heterocycles. The van der Waals surface area contributed by atoms with E-state index in [1.54, 1.807) is 7.05 Å². The third-order valence-corrected chi connectivity index (χ3v) is 4.09. The van der Waals surface area contributed by atoms with E-state index < -0.39 is 17.9 Å². The van der Waals surface area contributed by atoms with Crippen LogP contribution in [0.5, 0.6) is 0 Å². The van der Waals surface area contributed by atoms with E-state index in [2.05, 4.69) is 5.32 Å². The van der Waals surface area contributed by atoms with Crippen molar-refractivity contribution in [2.24, 2.45) is 5.92 Å². The number of carboxylic acids is 1. The normalized spacial score (nSPS) is 14.5. The Morgan fingerprint density at radius 2 is 2.00 bits per heavy atom. The summed E-state index contributed by atoms with van der Waals surface area (Å²) in [6.07, 6.45) is 3.58. The van der Waals surface area contributed by atoms with Crippen molar-refractivity contribution in [3.8, 4) is 0 Å². The predicted octanol–water partition coefficient (Wildman–Crippen LogP) is 0.941. The van der Waals surface area contributed by atoms with Crippen molar-refractivity contribution in [3.05, 3.63) is 35.4 Å². The van der Waals surface area contributed by atoms with E-state index in [0.717, 1.165) is 19.1 Å². The van der Waals surface area contributed by atoms with Gasteiger partial charge in [-0.1, -0.05) is 18.9 Å². The number of hydrogen-bond acceptors (Lipinski definition) is 4. The van der Waals surface area contributed by atoms with E-state index in [0.29, 0.717) is 12.3 Å². The predicted molar refractivity (Wildman–Crippen MR) is 85.7 cm³/mol. The summed E-state index contributed by atoms with van der Waals surface area (Å²) in [6, 6.07) is 5.08. The van der Waals surface area contributed by atoms with Crippen LogP contribution in [0.4, 0.5) is 0 Å².